The summed E-state index contributed by atoms with van der Waals surface area (Å²) in [6.07, 6.45) is 9.40. The van der Waals surface area contributed by atoms with Crippen LogP contribution in [0.15, 0.2) is 17.9 Å². The van der Waals surface area contributed by atoms with E-state index in [4.69, 9.17) is 16.3 Å². The molecule has 0 fully saturated rings. The molecule has 0 unspecified atom stereocenters. The molecule has 17 heavy (non-hydrogen) atoms. The standard InChI is InChI=1S/C12H18O.C2H4O2/c1-4-7-8-9-11(5-2)10-12(13)6-3;1-2(3)4/h3,12-13H,2,4,7-10H2,1H3;1H3,(H,3,4)/t12-;/m1./s1. The molecule has 3 nitrogen and oxygen atoms in total. The maximum atomic E-state index is 9.19. The van der Waals surface area contributed by atoms with Gasteiger partial charge in [-0.1, -0.05) is 32.3 Å². The van der Waals surface area contributed by atoms with Crippen molar-refractivity contribution in [1.82, 2.24) is 0 Å². The number of terminal acetylenes is 1. The average molecular weight is 238 g/mol. The van der Waals surface area contributed by atoms with Gasteiger partial charge in [0, 0.05) is 13.3 Å². The van der Waals surface area contributed by atoms with Gasteiger partial charge >= 0.3 is 0 Å². The fourth-order valence-electron chi connectivity index (χ4n) is 1.14. The minimum Gasteiger partial charge on any atom is -0.481 e. The second kappa shape index (κ2) is 12.6. The third-order valence-corrected chi connectivity index (χ3v) is 1.96. The number of carboxylic acids is 1. The monoisotopic (exact) mass is 238 g/mol. The van der Waals surface area contributed by atoms with E-state index in [9.17, 15) is 5.11 Å². The molecule has 0 aromatic heterocycles. The van der Waals surface area contributed by atoms with Crippen LogP contribution in [-0.2, 0) is 4.79 Å². The quantitative estimate of drug-likeness (QED) is 0.425. The van der Waals surface area contributed by atoms with Crippen molar-refractivity contribution < 1.29 is 15.0 Å². The third kappa shape index (κ3) is 17.1. The number of hydrogen-bond acceptors (Lipinski definition) is 2. The summed E-state index contributed by atoms with van der Waals surface area (Å²) in [6.45, 7) is 6.83. The number of aliphatic hydroxyl groups is 1. The van der Waals surface area contributed by atoms with Crippen molar-refractivity contribution in [1.29, 1.82) is 0 Å². The van der Waals surface area contributed by atoms with Crippen molar-refractivity contribution in [3.05, 3.63) is 17.9 Å². The zero-order valence-electron chi connectivity index (χ0n) is 10.7. The highest BCUT2D eigenvalue weighted by Gasteiger charge is 2.03. The largest absolute Gasteiger partial charge is 0.481 e. The highest BCUT2D eigenvalue weighted by Crippen LogP contribution is 2.12. The molecule has 96 valence electrons. The van der Waals surface area contributed by atoms with Crippen LogP contribution in [0.4, 0.5) is 0 Å². The number of carboxylic acid groups (broad SMARTS) is 1. The van der Waals surface area contributed by atoms with E-state index in [2.05, 4.69) is 25.2 Å². The SMILES string of the molecule is C#C[C@@H](O)CC(=C=C)CCCCC.CC(=O)O. The summed E-state index contributed by atoms with van der Waals surface area (Å²) in [5.74, 6) is 1.45. The molecular formula is C14H22O3. The Morgan fingerprint density at radius 3 is 2.35 bits per heavy atom. The summed E-state index contributed by atoms with van der Waals surface area (Å²) < 4.78 is 0. The molecule has 3 heteroatoms. The van der Waals surface area contributed by atoms with Crippen LogP contribution >= 0.6 is 0 Å². The summed E-state index contributed by atoms with van der Waals surface area (Å²) in [7, 11) is 0. The Hall–Kier alpha value is -1.49. The molecule has 0 spiro atoms. The number of hydrogen-bond donors (Lipinski definition) is 2. The normalized spacial score (nSPS) is 10.2. The zero-order chi connectivity index (χ0) is 13.7. The number of rotatable bonds is 6. The van der Waals surface area contributed by atoms with E-state index in [1.165, 1.54) is 12.8 Å². The minimum absolute atomic E-state index is 0.518. The van der Waals surface area contributed by atoms with Crippen LogP contribution in [0, 0.1) is 12.3 Å². The average Bonchev–Trinajstić information content (AvgIpc) is 2.27. The lowest BCUT2D eigenvalue weighted by atomic mass is 10.0. The molecule has 0 radical (unpaired) electrons. The van der Waals surface area contributed by atoms with Crippen LogP contribution in [0.5, 0.6) is 0 Å². The molecule has 0 rings (SSSR count). The summed E-state index contributed by atoms with van der Waals surface area (Å²) in [5, 5.41) is 16.6. The molecule has 0 bridgehead atoms. The van der Waals surface area contributed by atoms with Crippen LogP contribution in [0.25, 0.3) is 0 Å². The Bertz CT molecular complexity index is 289. The van der Waals surface area contributed by atoms with Gasteiger partial charge in [0.05, 0.1) is 0 Å². The van der Waals surface area contributed by atoms with Crippen molar-refractivity contribution >= 4 is 5.97 Å². The van der Waals surface area contributed by atoms with E-state index in [-0.39, 0.29) is 0 Å². The van der Waals surface area contributed by atoms with Gasteiger partial charge in [-0.3, -0.25) is 4.79 Å². The first-order chi connectivity index (χ1) is 7.97. The maximum Gasteiger partial charge on any atom is 0.300 e. The number of unbranched alkanes of at least 4 members (excludes halogenated alkanes) is 2. The second-order valence-corrected chi connectivity index (χ2v) is 3.64. The lowest BCUT2D eigenvalue weighted by Crippen LogP contribution is -2.03. The van der Waals surface area contributed by atoms with Crippen molar-refractivity contribution in [2.24, 2.45) is 0 Å². The second-order valence-electron chi connectivity index (χ2n) is 3.64. The van der Waals surface area contributed by atoms with Gasteiger partial charge in [0.15, 0.2) is 0 Å². The summed E-state index contributed by atoms with van der Waals surface area (Å²) >= 11 is 0. The first-order valence-corrected chi connectivity index (χ1v) is 5.69. The van der Waals surface area contributed by atoms with Crippen molar-refractivity contribution in [3.63, 3.8) is 0 Å². The van der Waals surface area contributed by atoms with E-state index < -0.39 is 12.1 Å². The summed E-state index contributed by atoms with van der Waals surface area (Å²) in [4.78, 5) is 9.00. The lowest BCUT2D eigenvalue weighted by Gasteiger charge is -2.05. The molecule has 0 heterocycles. The Morgan fingerprint density at radius 1 is 1.47 bits per heavy atom. The summed E-state index contributed by atoms with van der Waals surface area (Å²) in [6, 6.07) is 0. The van der Waals surface area contributed by atoms with E-state index >= 15 is 0 Å². The summed E-state index contributed by atoms with van der Waals surface area (Å²) in [5.41, 5.74) is 3.88. The van der Waals surface area contributed by atoms with E-state index in [0.717, 1.165) is 25.3 Å². The van der Waals surface area contributed by atoms with Gasteiger partial charge in [-0.15, -0.1) is 12.2 Å². The van der Waals surface area contributed by atoms with Gasteiger partial charge in [0.1, 0.15) is 6.10 Å². The number of aliphatic hydroxyl groups excluding tert-OH is 1. The Morgan fingerprint density at radius 2 is 2.00 bits per heavy atom. The number of carbonyl (C=O) groups is 1. The predicted molar refractivity (Wildman–Crippen MR) is 69.6 cm³/mol. The van der Waals surface area contributed by atoms with Crippen LogP contribution in [0.3, 0.4) is 0 Å². The molecule has 0 aliphatic carbocycles. The Kier molecular flexibility index (Phi) is 13.2. The molecule has 0 aromatic carbocycles. The molecule has 0 saturated carbocycles. The molecule has 0 aliphatic rings. The molecule has 0 saturated heterocycles. The van der Waals surface area contributed by atoms with Gasteiger partial charge in [-0.25, -0.2) is 0 Å². The molecule has 2 N–H and O–H groups in total. The van der Waals surface area contributed by atoms with Crippen molar-refractivity contribution in [2.45, 2.75) is 52.1 Å². The first-order valence-electron chi connectivity index (χ1n) is 5.69. The van der Waals surface area contributed by atoms with Gasteiger partial charge in [-0.2, -0.15) is 0 Å². The van der Waals surface area contributed by atoms with Crippen LogP contribution in [-0.4, -0.2) is 22.3 Å². The Labute approximate surface area is 104 Å². The van der Waals surface area contributed by atoms with E-state index in [1.54, 1.807) is 0 Å². The first kappa shape index (κ1) is 17.9. The third-order valence-electron chi connectivity index (χ3n) is 1.96. The fraction of sp³-hybridized carbons (Fsp3) is 0.571. The van der Waals surface area contributed by atoms with Crippen molar-refractivity contribution in [2.75, 3.05) is 0 Å². The lowest BCUT2D eigenvalue weighted by molar-refractivity contribution is -0.134. The predicted octanol–water partition coefficient (Wildman–Crippen LogP) is 2.75. The van der Waals surface area contributed by atoms with Gasteiger partial charge in [0.25, 0.3) is 5.97 Å². The van der Waals surface area contributed by atoms with Crippen LogP contribution in [0.1, 0.15) is 46.0 Å². The van der Waals surface area contributed by atoms with Gasteiger partial charge in [0.2, 0.25) is 0 Å². The highest BCUT2D eigenvalue weighted by molar-refractivity contribution is 5.62. The van der Waals surface area contributed by atoms with Gasteiger partial charge < -0.3 is 10.2 Å². The van der Waals surface area contributed by atoms with E-state index in [1.807, 2.05) is 0 Å². The fourth-order valence-corrected chi connectivity index (χ4v) is 1.14. The van der Waals surface area contributed by atoms with E-state index in [0.29, 0.717) is 6.42 Å². The molecule has 1 atom stereocenters. The van der Waals surface area contributed by atoms with Gasteiger partial charge in [-0.05, 0) is 18.4 Å². The van der Waals surface area contributed by atoms with Crippen LogP contribution in [0.2, 0.25) is 0 Å². The smallest absolute Gasteiger partial charge is 0.300 e. The zero-order valence-corrected chi connectivity index (χ0v) is 10.7. The topological polar surface area (TPSA) is 57.5 Å². The highest BCUT2D eigenvalue weighted by atomic mass is 16.4. The Balaban J connectivity index is 0. The molecular weight excluding hydrogens is 216 g/mol. The maximum absolute atomic E-state index is 9.19. The van der Waals surface area contributed by atoms with Crippen molar-refractivity contribution in [3.8, 4) is 12.3 Å². The number of aliphatic carboxylic acids is 1. The molecule has 0 aromatic rings. The van der Waals surface area contributed by atoms with Crippen LogP contribution < -0.4 is 0 Å². The molecule has 0 aliphatic heterocycles. The minimum atomic E-state index is -0.833. The molecule has 0 amide bonds.